The summed E-state index contributed by atoms with van der Waals surface area (Å²) in [4.78, 5) is 54.4. The van der Waals surface area contributed by atoms with Gasteiger partial charge in [0.15, 0.2) is 0 Å². The number of aromatic nitrogens is 1. The second kappa shape index (κ2) is 7.33. The Bertz CT molecular complexity index is 937. The van der Waals surface area contributed by atoms with Crippen molar-refractivity contribution in [1.82, 2.24) is 15.4 Å². The highest BCUT2D eigenvalue weighted by atomic mass is 19.4. The number of fused-ring (bicyclic) bond motifs is 1. The van der Waals surface area contributed by atoms with E-state index in [1.165, 1.54) is 6.20 Å². The van der Waals surface area contributed by atoms with Gasteiger partial charge >= 0.3 is 18.1 Å². The minimum absolute atomic E-state index is 0.172. The molecule has 1 fully saturated rings. The Hall–Kier alpha value is -3.37. The summed E-state index contributed by atoms with van der Waals surface area (Å²) in [6, 6.07) is 5.08. The molecule has 2 heterocycles. The first-order valence-electron chi connectivity index (χ1n) is 8.17. The number of benzene rings is 1. The van der Waals surface area contributed by atoms with Crippen LogP contribution < -0.4 is 5.32 Å². The number of nitrogens with zero attached hydrogens (tertiary/aromatic N) is 1. The number of imide groups is 1. The van der Waals surface area contributed by atoms with Gasteiger partial charge in [-0.15, -0.1) is 5.06 Å². The SMILES string of the molecule is O=C(ON1C(=O)CCC1=O)C(Cc1c[nH]c2ccccc12)NC(=O)C(F)(F)F. The molecular formula is C17H14F3N3O5. The van der Waals surface area contributed by atoms with Crippen LogP contribution in [0.3, 0.4) is 0 Å². The third-order valence-corrected chi connectivity index (χ3v) is 4.13. The van der Waals surface area contributed by atoms with Gasteiger partial charge in [0, 0.05) is 36.4 Å². The predicted molar refractivity (Wildman–Crippen MR) is 87.2 cm³/mol. The third kappa shape index (κ3) is 3.97. The van der Waals surface area contributed by atoms with Gasteiger partial charge in [0.2, 0.25) is 0 Å². The smallest absolute Gasteiger partial charge is 0.361 e. The summed E-state index contributed by atoms with van der Waals surface area (Å²) >= 11 is 0. The molecule has 0 bridgehead atoms. The predicted octanol–water partition coefficient (Wildman–Crippen LogP) is 1.36. The number of hydrogen-bond acceptors (Lipinski definition) is 5. The van der Waals surface area contributed by atoms with Crippen LogP contribution in [-0.2, 0) is 30.4 Å². The highest BCUT2D eigenvalue weighted by molar-refractivity contribution is 6.02. The van der Waals surface area contributed by atoms with E-state index in [0.717, 1.165) is 0 Å². The van der Waals surface area contributed by atoms with Crippen molar-refractivity contribution in [2.24, 2.45) is 0 Å². The second-order valence-electron chi connectivity index (χ2n) is 6.08. The van der Waals surface area contributed by atoms with Crippen LogP contribution in [-0.4, -0.2) is 46.0 Å². The van der Waals surface area contributed by atoms with Crippen LogP contribution in [0.2, 0.25) is 0 Å². The summed E-state index contributed by atoms with van der Waals surface area (Å²) < 4.78 is 37.9. The molecular weight excluding hydrogens is 383 g/mol. The lowest BCUT2D eigenvalue weighted by atomic mass is 10.0. The second-order valence-corrected chi connectivity index (χ2v) is 6.08. The number of para-hydroxylation sites is 1. The molecule has 0 saturated carbocycles. The maximum absolute atomic E-state index is 12.6. The van der Waals surface area contributed by atoms with Crippen molar-refractivity contribution in [2.45, 2.75) is 31.5 Å². The molecule has 1 aromatic heterocycles. The number of H-pyrrole nitrogens is 1. The van der Waals surface area contributed by atoms with E-state index in [9.17, 15) is 32.3 Å². The van der Waals surface area contributed by atoms with Crippen molar-refractivity contribution >= 4 is 34.6 Å². The summed E-state index contributed by atoms with van der Waals surface area (Å²) in [7, 11) is 0. The molecule has 28 heavy (non-hydrogen) atoms. The molecule has 2 N–H and O–H groups in total. The van der Waals surface area contributed by atoms with Gasteiger partial charge in [-0.25, -0.2) is 4.79 Å². The Morgan fingerprint density at radius 3 is 2.46 bits per heavy atom. The lowest BCUT2D eigenvalue weighted by Crippen LogP contribution is -2.50. The maximum atomic E-state index is 12.6. The summed E-state index contributed by atoms with van der Waals surface area (Å²) in [5, 5.41) is 2.41. The number of amides is 3. The number of carbonyl (C=O) groups excluding carboxylic acids is 4. The molecule has 148 valence electrons. The summed E-state index contributed by atoms with van der Waals surface area (Å²) in [5.74, 6) is -5.27. The van der Waals surface area contributed by atoms with E-state index < -0.39 is 35.9 Å². The number of alkyl halides is 3. The van der Waals surface area contributed by atoms with Crippen molar-refractivity contribution < 1.29 is 37.2 Å². The van der Waals surface area contributed by atoms with Gasteiger partial charge in [-0.1, -0.05) is 18.2 Å². The minimum atomic E-state index is -5.22. The van der Waals surface area contributed by atoms with Crippen LogP contribution in [0.15, 0.2) is 30.5 Å². The molecule has 1 atom stereocenters. The topological polar surface area (TPSA) is 109 Å². The highest BCUT2D eigenvalue weighted by Gasteiger charge is 2.42. The number of hydrogen-bond donors (Lipinski definition) is 2. The summed E-state index contributed by atoms with van der Waals surface area (Å²) in [5.41, 5.74) is 1.12. The molecule has 0 radical (unpaired) electrons. The summed E-state index contributed by atoms with van der Waals surface area (Å²) in [6.45, 7) is 0. The van der Waals surface area contributed by atoms with Crippen molar-refractivity contribution in [1.29, 1.82) is 0 Å². The lowest BCUT2D eigenvalue weighted by Gasteiger charge is -2.20. The van der Waals surface area contributed by atoms with Gasteiger partial charge in [0.25, 0.3) is 11.8 Å². The number of halogens is 3. The van der Waals surface area contributed by atoms with E-state index in [2.05, 4.69) is 9.82 Å². The molecule has 3 amide bonds. The van der Waals surface area contributed by atoms with Crippen molar-refractivity contribution in [3.05, 3.63) is 36.0 Å². The van der Waals surface area contributed by atoms with E-state index in [1.54, 1.807) is 29.6 Å². The van der Waals surface area contributed by atoms with E-state index in [1.807, 2.05) is 0 Å². The molecule has 2 aromatic rings. The molecule has 0 spiro atoms. The van der Waals surface area contributed by atoms with Gasteiger partial charge in [0.05, 0.1) is 0 Å². The average molecular weight is 397 g/mol. The van der Waals surface area contributed by atoms with Gasteiger partial charge < -0.3 is 15.1 Å². The van der Waals surface area contributed by atoms with Crippen LogP contribution in [0, 0.1) is 0 Å². The Morgan fingerprint density at radius 1 is 1.18 bits per heavy atom. The zero-order valence-electron chi connectivity index (χ0n) is 14.2. The summed E-state index contributed by atoms with van der Waals surface area (Å²) in [6.07, 6.45) is -4.43. The molecule has 0 aliphatic carbocycles. The molecule has 1 saturated heterocycles. The molecule has 1 aromatic carbocycles. The van der Waals surface area contributed by atoms with E-state index >= 15 is 0 Å². The first-order valence-corrected chi connectivity index (χ1v) is 8.17. The van der Waals surface area contributed by atoms with Gasteiger partial charge in [0.1, 0.15) is 6.04 Å². The normalized spacial score (nSPS) is 15.8. The van der Waals surface area contributed by atoms with Crippen molar-refractivity contribution in [2.75, 3.05) is 0 Å². The average Bonchev–Trinajstić information content (AvgIpc) is 3.18. The fraction of sp³-hybridized carbons (Fsp3) is 0.294. The minimum Gasteiger partial charge on any atom is -0.361 e. The van der Waals surface area contributed by atoms with Gasteiger partial charge in [-0.3, -0.25) is 14.4 Å². The fourth-order valence-electron chi connectivity index (χ4n) is 2.77. The van der Waals surface area contributed by atoms with Crippen molar-refractivity contribution in [3.63, 3.8) is 0 Å². The first kappa shape index (κ1) is 19.4. The first-order chi connectivity index (χ1) is 13.2. The van der Waals surface area contributed by atoms with Crippen LogP contribution in [0.25, 0.3) is 10.9 Å². The largest absolute Gasteiger partial charge is 0.471 e. The quantitative estimate of drug-likeness (QED) is 0.741. The molecule has 3 rings (SSSR count). The van der Waals surface area contributed by atoms with E-state index in [4.69, 9.17) is 0 Å². The highest BCUT2D eigenvalue weighted by Crippen LogP contribution is 2.21. The zero-order valence-corrected chi connectivity index (χ0v) is 14.2. The van der Waals surface area contributed by atoms with Crippen LogP contribution in [0.4, 0.5) is 13.2 Å². The number of carbonyl (C=O) groups is 4. The van der Waals surface area contributed by atoms with Gasteiger partial charge in [-0.05, 0) is 11.6 Å². The fourth-order valence-corrected chi connectivity index (χ4v) is 2.77. The number of hydroxylamine groups is 2. The van der Waals surface area contributed by atoms with E-state index in [0.29, 0.717) is 16.5 Å². The maximum Gasteiger partial charge on any atom is 0.471 e. The third-order valence-electron chi connectivity index (χ3n) is 4.13. The zero-order chi connectivity index (χ0) is 20.5. The Balaban J connectivity index is 1.84. The molecule has 1 aliphatic heterocycles. The van der Waals surface area contributed by atoms with Gasteiger partial charge in [-0.2, -0.15) is 13.2 Å². The van der Waals surface area contributed by atoms with Crippen LogP contribution >= 0.6 is 0 Å². The Morgan fingerprint density at radius 2 is 1.82 bits per heavy atom. The number of rotatable bonds is 5. The van der Waals surface area contributed by atoms with Crippen LogP contribution in [0.1, 0.15) is 18.4 Å². The van der Waals surface area contributed by atoms with E-state index in [-0.39, 0.29) is 24.3 Å². The Labute approximate surface area is 155 Å². The molecule has 1 unspecified atom stereocenters. The Kier molecular flexibility index (Phi) is 5.08. The van der Waals surface area contributed by atoms with Crippen LogP contribution in [0.5, 0.6) is 0 Å². The molecule has 11 heteroatoms. The lowest BCUT2D eigenvalue weighted by molar-refractivity contribution is -0.200. The molecule has 8 nitrogen and oxygen atoms in total. The number of nitrogens with one attached hydrogen (secondary N) is 2. The standard InChI is InChI=1S/C17H14F3N3O5/c18-17(19,20)16(27)22-12(15(26)28-23-13(24)5-6-14(23)25)7-9-8-21-11-4-2-1-3-10(9)11/h1-4,8,12,21H,5-7H2,(H,22,27). The van der Waals surface area contributed by atoms with Crippen molar-refractivity contribution in [3.8, 4) is 0 Å². The monoisotopic (exact) mass is 397 g/mol. The number of aromatic amines is 1. The molecule has 1 aliphatic rings.